The van der Waals surface area contributed by atoms with E-state index in [1.54, 1.807) is 12.3 Å². The van der Waals surface area contributed by atoms with Crippen LogP contribution in [0.3, 0.4) is 0 Å². The van der Waals surface area contributed by atoms with Crippen LogP contribution in [0.2, 0.25) is 0 Å². The highest BCUT2D eigenvalue weighted by atomic mass is 16.6. The molecule has 0 radical (unpaired) electrons. The molecule has 1 N–H and O–H groups in total. The molecule has 0 aliphatic carbocycles. The summed E-state index contributed by atoms with van der Waals surface area (Å²) in [6.07, 6.45) is 3.69. The van der Waals surface area contributed by atoms with Gasteiger partial charge >= 0.3 is 0 Å². The van der Waals surface area contributed by atoms with Crippen LogP contribution in [-0.2, 0) is 0 Å². The molecule has 1 aromatic carbocycles. The van der Waals surface area contributed by atoms with Crippen molar-refractivity contribution in [3.63, 3.8) is 0 Å². The van der Waals surface area contributed by atoms with E-state index in [1.165, 1.54) is 12.1 Å². The van der Waals surface area contributed by atoms with Gasteiger partial charge in [0.25, 0.3) is 5.69 Å². The molecule has 1 aliphatic rings. The second-order valence-electron chi connectivity index (χ2n) is 5.30. The second kappa shape index (κ2) is 5.61. The molecule has 110 valence electrons. The quantitative estimate of drug-likeness (QED) is 0.683. The molecule has 21 heavy (non-hydrogen) atoms. The third kappa shape index (κ3) is 2.78. The Labute approximate surface area is 121 Å². The molecule has 3 rings (SSSR count). The zero-order valence-electron chi connectivity index (χ0n) is 11.5. The van der Waals surface area contributed by atoms with Crippen LogP contribution >= 0.6 is 0 Å². The van der Waals surface area contributed by atoms with Crippen molar-refractivity contribution in [1.29, 1.82) is 0 Å². The highest BCUT2D eigenvalue weighted by Crippen LogP contribution is 2.24. The number of non-ortho nitro benzene ring substituents is 1. The Kier molecular flexibility index (Phi) is 3.66. The molecule has 1 aliphatic heterocycles. The van der Waals surface area contributed by atoms with Gasteiger partial charge in [0, 0.05) is 31.8 Å². The van der Waals surface area contributed by atoms with Gasteiger partial charge < -0.3 is 10.0 Å². The van der Waals surface area contributed by atoms with E-state index in [0.29, 0.717) is 11.0 Å². The number of hydrogen-bond donors (Lipinski definition) is 1. The van der Waals surface area contributed by atoms with Crippen LogP contribution < -0.4 is 4.90 Å². The summed E-state index contributed by atoms with van der Waals surface area (Å²) < 4.78 is 0. The Bertz CT molecular complexity index is 676. The van der Waals surface area contributed by atoms with Crippen molar-refractivity contribution in [2.45, 2.75) is 12.8 Å². The lowest BCUT2D eigenvalue weighted by Gasteiger charge is -2.32. The van der Waals surface area contributed by atoms with E-state index in [1.807, 2.05) is 0 Å². The maximum absolute atomic E-state index is 10.8. The van der Waals surface area contributed by atoms with Gasteiger partial charge in [-0.1, -0.05) is 0 Å². The summed E-state index contributed by atoms with van der Waals surface area (Å²) in [5, 5.41) is 20.0. The minimum atomic E-state index is -0.439. The smallest absolute Gasteiger partial charge is 0.271 e. The first-order valence-electron chi connectivity index (χ1n) is 6.94. The first-order valence-corrected chi connectivity index (χ1v) is 6.94. The number of aliphatic hydroxyl groups excluding tert-OH is 1. The zero-order chi connectivity index (χ0) is 14.8. The molecule has 1 atom stereocenters. The van der Waals surface area contributed by atoms with E-state index in [2.05, 4.69) is 14.9 Å². The van der Waals surface area contributed by atoms with Gasteiger partial charge in [-0.05, 0) is 24.8 Å². The number of piperidine rings is 1. The highest BCUT2D eigenvalue weighted by molar-refractivity contribution is 5.78. The predicted molar refractivity (Wildman–Crippen MR) is 78.2 cm³/mol. The largest absolute Gasteiger partial charge is 0.396 e. The first-order chi connectivity index (χ1) is 10.2. The van der Waals surface area contributed by atoms with Gasteiger partial charge in [-0.25, -0.2) is 4.98 Å². The Morgan fingerprint density at radius 2 is 2.29 bits per heavy atom. The van der Waals surface area contributed by atoms with Gasteiger partial charge in [0.2, 0.25) is 0 Å². The monoisotopic (exact) mass is 288 g/mol. The molecule has 7 heteroatoms. The Hall–Kier alpha value is -2.28. The molecule has 7 nitrogen and oxygen atoms in total. The number of benzene rings is 1. The SMILES string of the molecule is O=[N+]([O-])c1ccc2nc(N3CCC[C@@H](CO)C3)cnc2c1. The summed E-state index contributed by atoms with van der Waals surface area (Å²) >= 11 is 0. The average molecular weight is 288 g/mol. The molecule has 1 fully saturated rings. The molecule has 0 amide bonds. The van der Waals surface area contributed by atoms with Crippen molar-refractivity contribution in [3.8, 4) is 0 Å². The number of aromatic nitrogens is 2. The van der Waals surface area contributed by atoms with Gasteiger partial charge in [-0.3, -0.25) is 15.1 Å². The van der Waals surface area contributed by atoms with Crippen LogP contribution in [0.15, 0.2) is 24.4 Å². The lowest BCUT2D eigenvalue weighted by atomic mass is 9.99. The number of fused-ring (bicyclic) bond motifs is 1. The van der Waals surface area contributed by atoms with Crippen LogP contribution in [0.1, 0.15) is 12.8 Å². The summed E-state index contributed by atoms with van der Waals surface area (Å²) in [5.41, 5.74) is 1.18. The Morgan fingerprint density at radius 3 is 3.05 bits per heavy atom. The average Bonchev–Trinajstić information content (AvgIpc) is 2.53. The van der Waals surface area contributed by atoms with Gasteiger partial charge in [0.1, 0.15) is 5.82 Å². The number of nitro benzene ring substituents is 1. The maximum Gasteiger partial charge on any atom is 0.271 e. The summed E-state index contributed by atoms with van der Waals surface area (Å²) in [5.74, 6) is 1.03. The van der Waals surface area contributed by atoms with Crippen LogP contribution in [0, 0.1) is 16.0 Å². The molecule has 0 saturated carbocycles. The van der Waals surface area contributed by atoms with E-state index >= 15 is 0 Å². The van der Waals surface area contributed by atoms with E-state index in [0.717, 1.165) is 31.7 Å². The molecular formula is C14H16N4O3. The number of nitrogens with zero attached hydrogens (tertiary/aromatic N) is 4. The number of nitro groups is 1. The van der Waals surface area contributed by atoms with Crippen molar-refractivity contribution < 1.29 is 10.0 Å². The summed E-state index contributed by atoms with van der Waals surface area (Å²) in [6.45, 7) is 1.84. The number of anilines is 1. The van der Waals surface area contributed by atoms with E-state index in [-0.39, 0.29) is 18.2 Å². The third-order valence-corrected chi connectivity index (χ3v) is 3.83. The molecule has 2 aromatic rings. The fourth-order valence-corrected chi connectivity index (χ4v) is 2.68. The van der Waals surface area contributed by atoms with Crippen LogP contribution in [-0.4, -0.2) is 39.7 Å². The Morgan fingerprint density at radius 1 is 1.43 bits per heavy atom. The van der Waals surface area contributed by atoms with Crippen molar-refractivity contribution >= 4 is 22.5 Å². The summed E-state index contributed by atoms with van der Waals surface area (Å²) in [6, 6.07) is 4.49. The molecule has 0 bridgehead atoms. The molecule has 2 heterocycles. The van der Waals surface area contributed by atoms with Crippen molar-refractivity contribution in [1.82, 2.24) is 9.97 Å². The standard InChI is InChI=1S/C14H16N4O3/c19-9-10-2-1-5-17(8-10)14-7-15-13-6-11(18(20)21)3-4-12(13)16-14/h3-4,6-7,10,19H,1-2,5,8-9H2/t10-/m1/s1. The predicted octanol–water partition coefficient (Wildman–Crippen LogP) is 1.75. The summed E-state index contributed by atoms with van der Waals surface area (Å²) in [7, 11) is 0. The fraction of sp³-hybridized carbons (Fsp3) is 0.429. The van der Waals surface area contributed by atoms with Crippen molar-refractivity contribution in [2.75, 3.05) is 24.6 Å². The first kappa shape index (κ1) is 13.7. The minimum absolute atomic E-state index is 0.0165. The van der Waals surface area contributed by atoms with Gasteiger partial charge in [-0.15, -0.1) is 0 Å². The van der Waals surface area contributed by atoms with Crippen LogP contribution in [0.5, 0.6) is 0 Å². The minimum Gasteiger partial charge on any atom is -0.396 e. The van der Waals surface area contributed by atoms with Crippen LogP contribution in [0.25, 0.3) is 11.0 Å². The van der Waals surface area contributed by atoms with E-state index in [4.69, 9.17) is 0 Å². The van der Waals surface area contributed by atoms with Gasteiger partial charge in [0.15, 0.2) is 0 Å². The lowest BCUT2D eigenvalue weighted by molar-refractivity contribution is -0.384. The van der Waals surface area contributed by atoms with Crippen molar-refractivity contribution in [3.05, 3.63) is 34.5 Å². The number of rotatable bonds is 3. The molecule has 0 unspecified atom stereocenters. The molecule has 1 aromatic heterocycles. The molecular weight excluding hydrogens is 272 g/mol. The molecule has 1 saturated heterocycles. The fourth-order valence-electron chi connectivity index (χ4n) is 2.68. The van der Waals surface area contributed by atoms with Crippen LogP contribution in [0.4, 0.5) is 11.5 Å². The van der Waals surface area contributed by atoms with Gasteiger partial charge in [0.05, 0.1) is 22.2 Å². The second-order valence-corrected chi connectivity index (χ2v) is 5.30. The Balaban J connectivity index is 1.90. The zero-order valence-corrected chi connectivity index (χ0v) is 11.5. The normalized spacial score (nSPS) is 18.9. The summed E-state index contributed by atoms with van der Waals surface area (Å²) in [4.78, 5) is 21.2. The topological polar surface area (TPSA) is 92.4 Å². The van der Waals surface area contributed by atoms with E-state index in [9.17, 15) is 15.2 Å². The lowest BCUT2D eigenvalue weighted by Crippen LogP contribution is -2.37. The molecule has 0 spiro atoms. The number of hydrogen-bond acceptors (Lipinski definition) is 6. The van der Waals surface area contributed by atoms with Gasteiger partial charge in [-0.2, -0.15) is 0 Å². The van der Waals surface area contributed by atoms with E-state index < -0.39 is 4.92 Å². The maximum atomic E-state index is 10.8. The van der Waals surface area contributed by atoms with Crippen molar-refractivity contribution in [2.24, 2.45) is 5.92 Å². The highest BCUT2D eigenvalue weighted by Gasteiger charge is 2.20. The number of aliphatic hydroxyl groups is 1. The third-order valence-electron chi connectivity index (χ3n) is 3.83.